The van der Waals surface area contributed by atoms with Crippen molar-refractivity contribution in [3.8, 4) is 22.5 Å². The van der Waals surface area contributed by atoms with Gasteiger partial charge in [0.2, 0.25) is 0 Å². The first-order valence-corrected chi connectivity index (χ1v) is 10.4. The quantitative estimate of drug-likeness (QED) is 0.637. The van der Waals surface area contributed by atoms with Gasteiger partial charge in [0.25, 0.3) is 0 Å². The molecule has 7 heteroatoms. The first-order chi connectivity index (χ1) is 14.3. The average molecular weight is 427 g/mol. The zero-order valence-corrected chi connectivity index (χ0v) is 17.8. The van der Waals surface area contributed by atoms with Crippen molar-refractivity contribution in [3.63, 3.8) is 0 Å². The van der Waals surface area contributed by atoms with Crippen molar-refractivity contribution in [3.05, 3.63) is 59.8 Å². The Balaban J connectivity index is 1.79. The van der Waals surface area contributed by atoms with Crippen LogP contribution in [0.2, 0.25) is 5.02 Å². The second-order valence-electron chi connectivity index (χ2n) is 8.23. The number of aliphatic hydroxyl groups is 1. The number of rotatable bonds is 4. The molecule has 0 spiro atoms. The van der Waals surface area contributed by atoms with E-state index < -0.39 is 5.60 Å². The maximum absolute atomic E-state index is 13.4. The van der Waals surface area contributed by atoms with Crippen molar-refractivity contribution < 1.29 is 9.50 Å². The third-order valence-corrected chi connectivity index (χ3v) is 5.95. The molecule has 30 heavy (non-hydrogen) atoms. The number of benzene rings is 1. The van der Waals surface area contributed by atoms with Gasteiger partial charge in [0.05, 0.1) is 22.5 Å². The first-order valence-electron chi connectivity index (χ1n) is 10.0. The molecule has 1 aliphatic heterocycles. The van der Waals surface area contributed by atoms with Crippen molar-refractivity contribution in [2.45, 2.75) is 32.3 Å². The van der Waals surface area contributed by atoms with Crippen LogP contribution in [-0.2, 0) is 0 Å². The van der Waals surface area contributed by atoms with Gasteiger partial charge in [0, 0.05) is 42.5 Å². The average Bonchev–Trinajstić information content (AvgIpc) is 2.74. The summed E-state index contributed by atoms with van der Waals surface area (Å²) in [5, 5.41) is 10.9. The summed E-state index contributed by atoms with van der Waals surface area (Å²) in [4.78, 5) is 15.8. The standard InChI is InChI=1S/C23H24ClFN4O/c1-23(2,30)16-4-3-11-29(14-16)20-13-27-21(15-5-7-17(25)8-6-15)22(28-20)18-9-10-26-12-19(18)24/h5-10,12-13,16,30H,3-4,11,14H2,1-2H3. The fraction of sp³-hybridized carbons (Fsp3) is 0.348. The summed E-state index contributed by atoms with van der Waals surface area (Å²) < 4.78 is 13.4. The van der Waals surface area contributed by atoms with Crippen LogP contribution in [0.3, 0.4) is 0 Å². The number of nitrogens with zero attached hydrogens (tertiary/aromatic N) is 4. The number of anilines is 1. The maximum Gasteiger partial charge on any atom is 0.147 e. The minimum atomic E-state index is -0.753. The summed E-state index contributed by atoms with van der Waals surface area (Å²) in [5.41, 5.74) is 1.97. The molecule has 0 radical (unpaired) electrons. The summed E-state index contributed by atoms with van der Waals surface area (Å²) in [6.45, 7) is 5.26. The second kappa shape index (κ2) is 8.28. The Kier molecular flexibility index (Phi) is 5.71. The molecule has 1 aromatic carbocycles. The Morgan fingerprint density at radius 1 is 1.13 bits per heavy atom. The lowest BCUT2D eigenvalue weighted by Crippen LogP contribution is -2.45. The number of pyridine rings is 1. The highest BCUT2D eigenvalue weighted by Crippen LogP contribution is 2.35. The molecule has 1 atom stereocenters. The van der Waals surface area contributed by atoms with Gasteiger partial charge in [-0.2, -0.15) is 0 Å². The third kappa shape index (κ3) is 4.30. The van der Waals surface area contributed by atoms with Gasteiger partial charge < -0.3 is 10.0 Å². The highest BCUT2D eigenvalue weighted by molar-refractivity contribution is 6.33. The van der Waals surface area contributed by atoms with E-state index in [2.05, 4.69) is 9.88 Å². The van der Waals surface area contributed by atoms with Crippen molar-refractivity contribution >= 4 is 17.4 Å². The molecule has 1 N–H and O–H groups in total. The lowest BCUT2D eigenvalue weighted by Gasteiger charge is -2.39. The van der Waals surface area contributed by atoms with Crippen LogP contribution in [0.4, 0.5) is 10.2 Å². The second-order valence-corrected chi connectivity index (χ2v) is 8.63. The molecule has 0 aliphatic carbocycles. The van der Waals surface area contributed by atoms with Gasteiger partial charge in [-0.15, -0.1) is 0 Å². The van der Waals surface area contributed by atoms with Crippen molar-refractivity contribution in [2.75, 3.05) is 18.0 Å². The molecule has 1 fully saturated rings. The topological polar surface area (TPSA) is 62.1 Å². The zero-order valence-electron chi connectivity index (χ0n) is 17.0. The van der Waals surface area contributed by atoms with Crippen LogP contribution in [-0.4, -0.2) is 38.7 Å². The number of aromatic nitrogens is 3. The minimum absolute atomic E-state index is 0.151. The van der Waals surface area contributed by atoms with E-state index in [1.165, 1.54) is 12.1 Å². The minimum Gasteiger partial charge on any atom is -0.390 e. The van der Waals surface area contributed by atoms with Gasteiger partial charge in [-0.25, -0.2) is 9.37 Å². The fourth-order valence-corrected chi connectivity index (χ4v) is 4.08. The Morgan fingerprint density at radius 3 is 2.60 bits per heavy atom. The van der Waals surface area contributed by atoms with Crippen LogP contribution < -0.4 is 4.90 Å². The van der Waals surface area contributed by atoms with Gasteiger partial charge in [0.1, 0.15) is 17.3 Å². The van der Waals surface area contributed by atoms with Crippen LogP contribution in [0.15, 0.2) is 48.9 Å². The SMILES string of the molecule is CC(C)(O)C1CCCN(c2cnc(-c3ccc(F)cc3)c(-c3ccncc3Cl)n2)C1. The largest absolute Gasteiger partial charge is 0.390 e. The Bertz CT molecular complexity index is 1040. The van der Waals surface area contributed by atoms with Gasteiger partial charge in [-0.1, -0.05) is 11.6 Å². The van der Waals surface area contributed by atoms with Gasteiger partial charge in [-0.05, 0) is 57.0 Å². The van der Waals surface area contributed by atoms with E-state index in [9.17, 15) is 9.50 Å². The molecule has 0 amide bonds. The Morgan fingerprint density at radius 2 is 1.90 bits per heavy atom. The summed E-state index contributed by atoms with van der Waals surface area (Å²) >= 11 is 6.43. The van der Waals surface area contributed by atoms with E-state index in [1.54, 1.807) is 36.8 Å². The molecular formula is C23H24ClFN4O. The Labute approximate surface area is 180 Å². The predicted octanol–water partition coefficient (Wildman–Crippen LogP) is 4.99. The van der Waals surface area contributed by atoms with E-state index in [0.717, 1.165) is 36.3 Å². The summed E-state index contributed by atoms with van der Waals surface area (Å²) in [6.07, 6.45) is 6.93. The zero-order chi connectivity index (χ0) is 21.3. The maximum atomic E-state index is 13.4. The summed E-state index contributed by atoms with van der Waals surface area (Å²) in [5.74, 6) is 0.577. The summed E-state index contributed by atoms with van der Waals surface area (Å²) in [6, 6.07) is 7.98. The van der Waals surface area contributed by atoms with E-state index in [-0.39, 0.29) is 11.7 Å². The number of halogens is 2. The van der Waals surface area contributed by atoms with E-state index >= 15 is 0 Å². The van der Waals surface area contributed by atoms with Gasteiger partial charge in [0.15, 0.2) is 0 Å². The predicted molar refractivity (Wildman–Crippen MR) is 117 cm³/mol. The normalized spacial score (nSPS) is 17.2. The first kappa shape index (κ1) is 20.7. The molecule has 156 valence electrons. The van der Waals surface area contributed by atoms with Crippen LogP contribution >= 0.6 is 11.6 Å². The number of piperidine rings is 1. The lowest BCUT2D eigenvalue weighted by atomic mass is 9.84. The van der Waals surface area contributed by atoms with E-state index in [0.29, 0.717) is 23.0 Å². The van der Waals surface area contributed by atoms with Gasteiger partial charge in [-0.3, -0.25) is 9.97 Å². The lowest BCUT2D eigenvalue weighted by molar-refractivity contribution is 0.0109. The van der Waals surface area contributed by atoms with Crippen LogP contribution in [0.1, 0.15) is 26.7 Å². The van der Waals surface area contributed by atoms with Gasteiger partial charge >= 0.3 is 0 Å². The summed E-state index contributed by atoms with van der Waals surface area (Å²) in [7, 11) is 0. The molecule has 3 aromatic rings. The highest BCUT2D eigenvalue weighted by atomic mass is 35.5. The fourth-order valence-electron chi connectivity index (χ4n) is 3.87. The van der Waals surface area contributed by atoms with Crippen molar-refractivity contribution in [2.24, 2.45) is 5.92 Å². The van der Waals surface area contributed by atoms with Crippen molar-refractivity contribution in [1.82, 2.24) is 15.0 Å². The smallest absolute Gasteiger partial charge is 0.147 e. The van der Waals surface area contributed by atoms with Crippen LogP contribution in [0.25, 0.3) is 22.5 Å². The molecular weight excluding hydrogens is 403 g/mol. The molecule has 1 saturated heterocycles. The molecule has 1 unspecified atom stereocenters. The molecule has 2 aromatic heterocycles. The van der Waals surface area contributed by atoms with Crippen LogP contribution in [0, 0.1) is 11.7 Å². The monoisotopic (exact) mass is 426 g/mol. The van der Waals surface area contributed by atoms with Crippen LogP contribution in [0.5, 0.6) is 0 Å². The number of hydrogen-bond acceptors (Lipinski definition) is 5. The molecule has 4 rings (SSSR count). The van der Waals surface area contributed by atoms with E-state index in [4.69, 9.17) is 21.6 Å². The van der Waals surface area contributed by atoms with Crippen molar-refractivity contribution in [1.29, 1.82) is 0 Å². The van der Waals surface area contributed by atoms with E-state index in [1.807, 2.05) is 13.8 Å². The Hall–Kier alpha value is -2.57. The third-order valence-electron chi connectivity index (χ3n) is 5.65. The molecule has 0 bridgehead atoms. The highest BCUT2D eigenvalue weighted by Gasteiger charge is 2.32. The molecule has 0 saturated carbocycles. The molecule has 1 aliphatic rings. The molecule has 5 nitrogen and oxygen atoms in total. The number of hydrogen-bond donors (Lipinski definition) is 1. The molecule has 3 heterocycles.